The highest BCUT2D eigenvalue weighted by molar-refractivity contribution is 7.21. The molecular weight excluding hydrogens is 359 g/mol. The highest BCUT2D eigenvalue weighted by atomic mass is 32.1. The molecule has 140 valence electrons. The average molecular weight is 383 g/mol. The average Bonchev–Trinajstić information content (AvgIpc) is 2.86. The molecule has 1 amide bonds. The second-order valence-electron chi connectivity index (χ2n) is 7.10. The fourth-order valence-electron chi connectivity index (χ4n) is 3.70. The van der Waals surface area contributed by atoms with Crippen LogP contribution in [0.2, 0.25) is 0 Å². The first kappa shape index (κ1) is 18.1. The van der Waals surface area contributed by atoms with E-state index in [-0.39, 0.29) is 11.7 Å². The van der Waals surface area contributed by atoms with Crippen LogP contribution in [-0.2, 0) is 6.54 Å². The molecule has 0 N–H and O–H groups in total. The van der Waals surface area contributed by atoms with Gasteiger partial charge in [-0.05, 0) is 48.1 Å². The summed E-state index contributed by atoms with van der Waals surface area (Å²) in [6.07, 6.45) is 0.955. The number of halogens is 1. The number of hydrogen-bond donors (Lipinski definition) is 0. The Labute approximate surface area is 163 Å². The first-order valence-electron chi connectivity index (χ1n) is 9.36. The topological polar surface area (TPSA) is 23.6 Å². The molecule has 0 atom stereocenters. The molecule has 2 heterocycles. The van der Waals surface area contributed by atoms with E-state index in [0.717, 1.165) is 55.1 Å². The van der Waals surface area contributed by atoms with Crippen molar-refractivity contribution in [1.29, 1.82) is 0 Å². The standard InChI is InChI=1S/C22H23FN2OS/c1-16-19-5-2-3-6-20(19)27-21(16)22(26)25-12-4-11-24(13-14-25)15-17-7-9-18(23)10-8-17/h2-3,5-10H,4,11-15H2,1H3. The molecule has 1 aliphatic rings. The van der Waals surface area contributed by atoms with Crippen LogP contribution in [0.4, 0.5) is 4.39 Å². The Morgan fingerprint density at radius 1 is 1.04 bits per heavy atom. The van der Waals surface area contributed by atoms with E-state index in [4.69, 9.17) is 0 Å². The lowest BCUT2D eigenvalue weighted by molar-refractivity contribution is 0.0765. The zero-order chi connectivity index (χ0) is 18.8. The van der Waals surface area contributed by atoms with Crippen molar-refractivity contribution in [3.8, 4) is 0 Å². The molecule has 0 bridgehead atoms. The highest BCUT2D eigenvalue weighted by Crippen LogP contribution is 2.31. The summed E-state index contributed by atoms with van der Waals surface area (Å²) in [5.74, 6) is -0.0533. The van der Waals surface area contributed by atoms with Gasteiger partial charge in [0.25, 0.3) is 5.91 Å². The Hall–Kier alpha value is -2.24. The summed E-state index contributed by atoms with van der Waals surface area (Å²) < 4.78 is 14.3. The summed E-state index contributed by atoms with van der Waals surface area (Å²) in [5.41, 5.74) is 2.20. The van der Waals surface area contributed by atoms with Crippen LogP contribution in [0.25, 0.3) is 10.1 Å². The monoisotopic (exact) mass is 382 g/mol. The van der Waals surface area contributed by atoms with Gasteiger partial charge in [0.05, 0.1) is 4.88 Å². The van der Waals surface area contributed by atoms with Crippen molar-refractivity contribution in [3.05, 3.63) is 70.4 Å². The lowest BCUT2D eigenvalue weighted by Crippen LogP contribution is -2.35. The van der Waals surface area contributed by atoms with Crippen molar-refractivity contribution in [2.75, 3.05) is 26.2 Å². The summed E-state index contributed by atoms with van der Waals surface area (Å²) in [6, 6.07) is 14.9. The number of hydrogen-bond acceptors (Lipinski definition) is 3. The molecule has 0 aliphatic carbocycles. The van der Waals surface area contributed by atoms with Crippen LogP contribution in [0, 0.1) is 12.7 Å². The van der Waals surface area contributed by atoms with Crippen LogP contribution in [-0.4, -0.2) is 41.9 Å². The molecule has 3 aromatic rings. The van der Waals surface area contributed by atoms with Gasteiger partial charge in [0.15, 0.2) is 0 Å². The highest BCUT2D eigenvalue weighted by Gasteiger charge is 2.23. The molecule has 0 saturated carbocycles. The Morgan fingerprint density at radius 2 is 1.81 bits per heavy atom. The van der Waals surface area contributed by atoms with Gasteiger partial charge in [0.1, 0.15) is 5.82 Å². The molecule has 1 aliphatic heterocycles. The molecule has 0 unspecified atom stereocenters. The third-order valence-corrected chi connectivity index (χ3v) is 6.49. The van der Waals surface area contributed by atoms with E-state index in [0.29, 0.717) is 0 Å². The molecule has 1 aromatic heterocycles. The summed E-state index contributed by atoms with van der Waals surface area (Å²) in [5, 5.41) is 1.18. The Balaban J connectivity index is 1.44. The zero-order valence-corrected chi connectivity index (χ0v) is 16.3. The molecule has 27 heavy (non-hydrogen) atoms. The number of nitrogens with zero attached hydrogens (tertiary/aromatic N) is 2. The van der Waals surface area contributed by atoms with E-state index < -0.39 is 0 Å². The maximum atomic E-state index is 13.1. The molecule has 1 saturated heterocycles. The first-order valence-corrected chi connectivity index (χ1v) is 10.2. The minimum absolute atomic E-state index is 0.150. The lowest BCUT2D eigenvalue weighted by atomic mass is 10.1. The van der Waals surface area contributed by atoms with Gasteiger partial charge in [-0.15, -0.1) is 11.3 Å². The summed E-state index contributed by atoms with van der Waals surface area (Å²) in [7, 11) is 0. The van der Waals surface area contributed by atoms with Crippen molar-refractivity contribution in [2.24, 2.45) is 0 Å². The normalized spacial score (nSPS) is 15.9. The Morgan fingerprint density at radius 3 is 2.59 bits per heavy atom. The number of thiophene rings is 1. The second kappa shape index (κ2) is 7.79. The van der Waals surface area contributed by atoms with Gasteiger partial charge in [0, 0.05) is 37.4 Å². The van der Waals surface area contributed by atoms with E-state index in [2.05, 4.69) is 17.0 Å². The third kappa shape index (κ3) is 3.89. The molecule has 3 nitrogen and oxygen atoms in total. The maximum absolute atomic E-state index is 13.1. The molecule has 0 spiro atoms. The molecule has 2 aromatic carbocycles. The van der Waals surface area contributed by atoms with Crippen LogP contribution in [0.3, 0.4) is 0 Å². The van der Waals surface area contributed by atoms with Gasteiger partial charge >= 0.3 is 0 Å². The van der Waals surface area contributed by atoms with Crippen molar-refractivity contribution in [3.63, 3.8) is 0 Å². The van der Waals surface area contributed by atoms with Crippen molar-refractivity contribution >= 4 is 27.3 Å². The van der Waals surface area contributed by atoms with Crippen molar-refractivity contribution in [1.82, 2.24) is 9.80 Å². The summed E-state index contributed by atoms with van der Waals surface area (Å²) >= 11 is 1.60. The summed E-state index contributed by atoms with van der Waals surface area (Å²) in [6.45, 7) is 6.15. The Bertz CT molecular complexity index is 951. The fourth-order valence-corrected chi connectivity index (χ4v) is 4.88. The van der Waals surface area contributed by atoms with Gasteiger partial charge in [-0.2, -0.15) is 0 Å². The predicted molar refractivity (Wildman–Crippen MR) is 109 cm³/mol. The number of carbonyl (C=O) groups excluding carboxylic acids is 1. The second-order valence-corrected chi connectivity index (χ2v) is 8.15. The predicted octanol–water partition coefficient (Wildman–Crippen LogP) is 4.70. The van der Waals surface area contributed by atoms with Crippen molar-refractivity contribution < 1.29 is 9.18 Å². The SMILES string of the molecule is Cc1c(C(=O)N2CCCN(Cc3ccc(F)cc3)CC2)sc2ccccc12. The van der Waals surface area contributed by atoms with Crippen LogP contribution < -0.4 is 0 Å². The smallest absolute Gasteiger partial charge is 0.264 e. The van der Waals surface area contributed by atoms with E-state index in [1.165, 1.54) is 22.2 Å². The lowest BCUT2D eigenvalue weighted by Gasteiger charge is -2.22. The molecule has 1 fully saturated rings. The zero-order valence-electron chi connectivity index (χ0n) is 15.5. The van der Waals surface area contributed by atoms with Crippen molar-refractivity contribution in [2.45, 2.75) is 19.9 Å². The quantitative estimate of drug-likeness (QED) is 0.656. The summed E-state index contributed by atoms with van der Waals surface area (Å²) in [4.78, 5) is 18.3. The Kier molecular flexibility index (Phi) is 5.23. The van der Waals surface area contributed by atoms with Gasteiger partial charge < -0.3 is 4.90 Å². The number of rotatable bonds is 3. The van der Waals surface area contributed by atoms with Crippen LogP contribution >= 0.6 is 11.3 Å². The first-order chi connectivity index (χ1) is 13.1. The van der Waals surface area contributed by atoms with E-state index in [1.54, 1.807) is 11.3 Å². The molecule has 0 radical (unpaired) electrons. The fraction of sp³-hybridized carbons (Fsp3) is 0.318. The van der Waals surface area contributed by atoms with Gasteiger partial charge in [-0.25, -0.2) is 4.39 Å². The number of aryl methyl sites for hydroxylation is 1. The van der Waals surface area contributed by atoms with E-state index >= 15 is 0 Å². The largest absolute Gasteiger partial charge is 0.337 e. The number of benzene rings is 2. The van der Waals surface area contributed by atoms with E-state index in [9.17, 15) is 9.18 Å². The number of amides is 1. The van der Waals surface area contributed by atoms with Crippen LogP contribution in [0.5, 0.6) is 0 Å². The van der Waals surface area contributed by atoms with Gasteiger partial charge in [-0.3, -0.25) is 9.69 Å². The van der Waals surface area contributed by atoms with Gasteiger partial charge in [-0.1, -0.05) is 30.3 Å². The molecular formula is C22H23FN2OS. The van der Waals surface area contributed by atoms with Crippen LogP contribution in [0.15, 0.2) is 48.5 Å². The molecule has 5 heteroatoms. The molecule has 4 rings (SSSR count). The third-order valence-electron chi connectivity index (χ3n) is 5.23. The van der Waals surface area contributed by atoms with Crippen LogP contribution in [0.1, 0.15) is 27.2 Å². The minimum atomic E-state index is -0.204. The van der Waals surface area contributed by atoms with E-state index in [1.807, 2.05) is 36.1 Å². The number of carbonyl (C=O) groups is 1. The van der Waals surface area contributed by atoms with Gasteiger partial charge in [0.2, 0.25) is 0 Å². The number of fused-ring (bicyclic) bond motifs is 1. The minimum Gasteiger partial charge on any atom is -0.337 e. The maximum Gasteiger partial charge on any atom is 0.264 e.